The van der Waals surface area contributed by atoms with Crippen molar-refractivity contribution in [1.29, 1.82) is 0 Å². The Balaban J connectivity index is 1.54. The molecule has 0 spiro atoms. The highest BCUT2D eigenvalue weighted by molar-refractivity contribution is 7.13. The zero-order chi connectivity index (χ0) is 28.5. The van der Waals surface area contributed by atoms with E-state index in [0.29, 0.717) is 26.4 Å². The monoisotopic (exact) mass is 582 g/mol. The molecule has 1 aliphatic rings. The van der Waals surface area contributed by atoms with Crippen LogP contribution >= 0.6 is 22.7 Å². The Labute approximate surface area is 243 Å². The number of hydrogen-bond acceptors (Lipinski definition) is 8. The van der Waals surface area contributed by atoms with E-state index in [2.05, 4.69) is 4.99 Å². The van der Waals surface area contributed by atoms with Crippen LogP contribution in [0.25, 0.3) is 22.3 Å². The van der Waals surface area contributed by atoms with E-state index in [9.17, 15) is 9.59 Å². The first-order valence-electron chi connectivity index (χ1n) is 13.0. The van der Waals surface area contributed by atoms with Crippen LogP contribution < -0.4 is 19.6 Å². The van der Waals surface area contributed by atoms with Gasteiger partial charge in [-0.2, -0.15) is 5.10 Å². The summed E-state index contributed by atoms with van der Waals surface area (Å²) in [5.74, 6) is 0.184. The van der Waals surface area contributed by atoms with Crippen molar-refractivity contribution in [1.82, 2.24) is 14.3 Å². The standard InChI is InChI=1S/C31H26N4O4S2/c1-4-39-30(37)26-19(2)32-31-35(28(26)20-12-14-23(38-3)15-13-20)29(36)25(41-31)17-21-18-34(22-9-6-5-7-10-22)33-27(21)24-11-8-16-40-24/h5-18,28H,4H2,1-3H3. The molecule has 2 aromatic carbocycles. The van der Waals surface area contributed by atoms with E-state index in [1.165, 1.54) is 11.3 Å². The number of aromatic nitrogens is 3. The number of fused-ring (bicyclic) bond motifs is 1. The fraction of sp³-hybridized carbons (Fsp3) is 0.161. The Morgan fingerprint density at radius 3 is 2.54 bits per heavy atom. The number of esters is 1. The number of thiazole rings is 1. The van der Waals surface area contributed by atoms with Crippen molar-refractivity contribution in [2.24, 2.45) is 4.99 Å². The fourth-order valence-corrected chi connectivity index (χ4v) is 6.61. The summed E-state index contributed by atoms with van der Waals surface area (Å²) in [6, 6.07) is 20.5. The van der Waals surface area contributed by atoms with Gasteiger partial charge in [0.2, 0.25) is 0 Å². The molecule has 0 aliphatic carbocycles. The predicted molar refractivity (Wildman–Crippen MR) is 160 cm³/mol. The molecule has 0 bridgehead atoms. The van der Waals surface area contributed by atoms with Crippen LogP contribution in [0.5, 0.6) is 5.75 Å². The second kappa shape index (κ2) is 11.1. The minimum Gasteiger partial charge on any atom is -0.497 e. The molecule has 0 fully saturated rings. The third-order valence-electron chi connectivity index (χ3n) is 6.75. The van der Waals surface area contributed by atoms with Crippen LogP contribution in [0.1, 0.15) is 31.0 Å². The largest absolute Gasteiger partial charge is 0.497 e. The van der Waals surface area contributed by atoms with E-state index < -0.39 is 12.0 Å². The van der Waals surface area contributed by atoms with Gasteiger partial charge in [0, 0.05) is 11.8 Å². The third kappa shape index (κ3) is 4.96. The molecule has 0 saturated heterocycles. The number of allylic oxidation sites excluding steroid dienone is 1. The van der Waals surface area contributed by atoms with Gasteiger partial charge >= 0.3 is 5.97 Å². The fourth-order valence-electron chi connectivity index (χ4n) is 4.85. The van der Waals surface area contributed by atoms with E-state index in [1.54, 1.807) is 36.9 Å². The van der Waals surface area contributed by atoms with Crippen molar-refractivity contribution < 1.29 is 14.3 Å². The number of rotatable bonds is 7. The topological polar surface area (TPSA) is 87.7 Å². The third-order valence-corrected chi connectivity index (χ3v) is 8.61. The van der Waals surface area contributed by atoms with Gasteiger partial charge in [-0.25, -0.2) is 14.5 Å². The highest BCUT2D eigenvalue weighted by Gasteiger charge is 2.33. The number of carbonyl (C=O) groups excluding carboxylic acids is 1. The summed E-state index contributed by atoms with van der Waals surface area (Å²) in [4.78, 5) is 33.4. The zero-order valence-corrected chi connectivity index (χ0v) is 24.2. The Morgan fingerprint density at radius 2 is 1.85 bits per heavy atom. The van der Waals surface area contributed by atoms with E-state index in [1.807, 2.05) is 89.1 Å². The quantitative estimate of drug-likeness (QED) is 0.259. The van der Waals surface area contributed by atoms with Gasteiger partial charge in [0.05, 0.1) is 46.1 Å². The molecule has 206 valence electrons. The molecule has 0 radical (unpaired) electrons. The maximum atomic E-state index is 14.1. The van der Waals surface area contributed by atoms with Gasteiger partial charge < -0.3 is 9.47 Å². The number of nitrogens with zero attached hydrogens (tertiary/aromatic N) is 4. The number of methoxy groups -OCH3 is 1. The molecular weight excluding hydrogens is 556 g/mol. The van der Waals surface area contributed by atoms with Crippen LogP contribution in [-0.4, -0.2) is 34.0 Å². The molecule has 4 heterocycles. The smallest absolute Gasteiger partial charge is 0.338 e. The van der Waals surface area contributed by atoms with Gasteiger partial charge in [-0.05, 0) is 61.2 Å². The van der Waals surface area contributed by atoms with Crippen molar-refractivity contribution >= 4 is 34.7 Å². The van der Waals surface area contributed by atoms with Gasteiger partial charge in [-0.15, -0.1) is 11.3 Å². The molecule has 0 amide bonds. The van der Waals surface area contributed by atoms with Gasteiger partial charge in [0.1, 0.15) is 11.4 Å². The summed E-state index contributed by atoms with van der Waals surface area (Å²) in [7, 11) is 1.59. The second-order valence-corrected chi connectivity index (χ2v) is 11.2. The Morgan fingerprint density at radius 1 is 1.07 bits per heavy atom. The van der Waals surface area contributed by atoms with Crippen molar-refractivity contribution in [3.8, 4) is 22.0 Å². The molecule has 0 N–H and O–H groups in total. The minimum atomic E-state index is -0.692. The molecule has 8 nitrogen and oxygen atoms in total. The Hall–Kier alpha value is -4.54. The van der Waals surface area contributed by atoms with Crippen LogP contribution in [0.15, 0.2) is 99.4 Å². The molecule has 41 heavy (non-hydrogen) atoms. The molecule has 6 rings (SSSR count). The van der Waals surface area contributed by atoms with Gasteiger partial charge in [0.15, 0.2) is 4.80 Å². The lowest BCUT2D eigenvalue weighted by Gasteiger charge is -2.24. The van der Waals surface area contributed by atoms with E-state index in [4.69, 9.17) is 14.6 Å². The van der Waals surface area contributed by atoms with Crippen LogP contribution in [-0.2, 0) is 9.53 Å². The van der Waals surface area contributed by atoms with Crippen LogP contribution in [0, 0.1) is 0 Å². The molecule has 10 heteroatoms. The average molecular weight is 583 g/mol. The zero-order valence-electron chi connectivity index (χ0n) is 22.6. The minimum absolute atomic E-state index is 0.215. The number of carbonyl (C=O) groups is 1. The first-order valence-corrected chi connectivity index (χ1v) is 14.7. The maximum absolute atomic E-state index is 14.1. The molecule has 1 atom stereocenters. The summed E-state index contributed by atoms with van der Waals surface area (Å²) < 4.78 is 14.6. The highest BCUT2D eigenvalue weighted by atomic mass is 32.1. The van der Waals surface area contributed by atoms with E-state index >= 15 is 0 Å². The normalized spacial score (nSPS) is 15.0. The average Bonchev–Trinajstić information content (AvgIpc) is 3.73. The molecule has 1 unspecified atom stereocenters. The second-order valence-electron chi connectivity index (χ2n) is 9.27. The van der Waals surface area contributed by atoms with Crippen LogP contribution in [0.4, 0.5) is 0 Å². The molecule has 5 aromatic rings. The first-order chi connectivity index (χ1) is 20.0. The lowest BCUT2D eigenvalue weighted by molar-refractivity contribution is -0.139. The van der Waals surface area contributed by atoms with Crippen molar-refractivity contribution in [3.05, 3.63) is 120 Å². The van der Waals surface area contributed by atoms with Crippen LogP contribution in [0.2, 0.25) is 0 Å². The first kappa shape index (κ1) is 26.7. The van der Waals surface area contributed by atoms with Crippen molar-refractivity contribution in [2.75, 3.05) is 13.7 Å². The predicted octanol–water partition coefficient (Wildman–Crippen LogP) is 4.72. The molecule has 1 aliphatic heterocycles. The number of thiophene rings is 1. The van der Waals surface area contributed by atoms with Gasteiger partial charge in [0.25, 0.3) is 5.56 Å². The summed E-state index contributed by atoms with van der Waals surface area (Å²) in [5, 5.41) is 6.87. The number of ether oxygens (including phenoxy) is 2. The van der Waals surface area contributed by atoms with E-state index in [-0.39, 0.29) is 12.2 Å². The number of hydrogen-bond donors (Lipinski definition) is 0. The van der Waals surface area contributed by atoms with E-state index in [0.717, 1.165) is 27.4 Å². The summed E-state index contributed by atoms with van der Waals surface area (Å²) >= 11 is 2.88. The Kier molecular flexibility index (Phi) is 7.25. The number of benzene rings is 2. The highest BCUT2D eigenvalue weighted by Crippen LogP contribution is 2.32. The molecule has 0 saturated carbocycles. The summed E-state index contributed by atoms with van der Waals surface area (Å²) in [6.07, 6.45) is 3.79. The maximum Gasteiger partial charge on any atom is 0.338 e. The van der Waals surface area contributed by atoms with Crippen LogP contribution in [0.3, 0.4) is 0 Å². The van der Waals surface area contributed by atoms with Gasteiger partial charge in [-0.1, -0.05) is 47.7 Å². The lowest BCUT2D eigenvalue weighted by atomic mass is 9.96. The lowest BCUT2D eigenvalue weighted by Crippen LogP contribution is -2.39. The van der Waals surface area contributed by atoms with Crippen molar-refractivity contribution in [2.45, 2.75) is 19.9 Å². The molecule has 3 aromatic heterocycles. The Bertz CT molecular complexity index is 1930. The van der Waals surface area contributed by atoms with Gasteiger partial charge in [-0.3, -0.25) is 9.36 Å². The number of para-hydroxylation sites is 1. The summed E-state index contributed by atoms with van der Waals surface area (Å²) in [5.41, 5.74) is 3.88. The molecular formula is C31H26N4O4S2. The summed E-state index contributed by atoms with van der Waals surface area (Å²) in [6.45, 7) is 3.75. The van der Waals surface area contributed by atoms with Crippen molar-refractivity contribution in [3.63, 3.8) is 0 Å². The SMILES string of the molecule is CCOC(=O)C1=C(C)N=c2sc(=Cc3cn(-c4ccccc4)nc3-c3cccs3)c(=O)n2C1c1ccc(OC)cc1.